The average molecular weight is 266 g/mol. The minimum absolute atomic E-state index is 0.247. The molecule has 2 aliphatic carbocycles. The van der Waals surface area contributed by atoms with E-state index in [1.165, 1.54) is 38.5 Å². The molecule has 2 aliphatic rings. The second kappa shape index (κ2) is 6.74. The second-order valence-electron chi connectivity index (χ2n) is 6.84. The first-order chi connectivity index (χ1) is 9.08. The predicted octanol–water partition coefficient (Wildman–Crippen LogP) is 2.93. The van der Waals surface area contributed by atoms with Crippen molar-refractivity contribution in [3.8, 4) is 0 Å². The van der Waals surface area contributed by atoms with E-state index < -0.39 is 0 Å². The van der Waals surface area contributed by atoms with Crippen molar-refractivity contribution < 1.29 is 4.79 Å². The van der Waals surface area contributed by atoms with Gasteiger partial charge in [0.05, 0.1) is 0 Å². The standard InChI is InChI=1S/C16H30N2O/c1-12-6-5-8-14(10-12)18(2)16(19)11-13-7-3-4-9-15(13)17/h12-15H,3-11,17H2,1-2H3. The Morgan fingerprint density at radius 3 is 2.58 bits per heavy atom. The molecule has 0 heterocycles. The molecule has 0 radical (unpaired) electrons. The maximum atomic E-state index is 12.4. The van der Waals surface area contributed by atoms with Crippen molar-refractivity contribution in [2.24, 2.45) is 17.6 Å². The Kier molecular flexibility index (Phi) is 5.26. The van der Waals surface area contributed by atoms with Gasteiger partial charge in [0, 0.05) is 25.6 Å². The normalized spacial score (nSPS) is 35.9. The van der Waals surface area contributed by atoms with Crippen LogP contribution in [0.25, 0.3) is 0 Å². The number of hydrogen-bond acceptors (Lipinski definition) is 2. The molecule has 2 rings (SSSR count). The average Bonchev–Trinajstić information content (AvgIpc) is 2.40. The van der Waals surface area contributed by atoms with Gasteiger partial charge in [-0.2, -0.15) is 0 Å². The molecule has 110 valence electrons. The van der Waals surface area contributed by atoms with Gasteiger partial charge in [-0.05, 0) is 37.5 Å². The molecule has 2 N–H and O–H groups in total. The maximum absolute atomic E-state index is 12.4. The maximum Gasteiger partial charge on any atom is 0.222 e. The molecule has 3 heteroatoms. The highest BCUT2D eigenvalue weighted by Gasteiger charge is 2.29. The third-order valence-corrected chi connectivity index (χ3v) is 5.25. The first kappa shape index (κ1) is 14.8. The summed E-state index contributed by atoms with van der Waals surface area (Å²) in [5.74, 6) is 1.51. The highest BCUT2D eigenvalue weighted by Crippen LogP contribution is 2.29. The third kappa shape index (κ3) is 3.95. The number of amides is 1. The molecular weight excluding hydrogens is 236 g/mol. The highest BCUT2D eigenvalue weighted by atomic mass is 16.2. The molecule has 0 spiro atoms. The minimum atomic E-state index is 0.247. The predicted molar refractivity (Wildman–Crippen MR) is 78.7 cm³/mol. The van der Waals surface area contributed by atoms with Crippen LogP contribution >= 0.6 is 0 Å². The lowest BCUT2D eigenvalue weighted by atomic mass is 9.82. The fraction of sp³-hybridized carbons (Fsp3) is 0.938. The lowest BCUT2D eigenvalue weighted by Crippen LogP contribution is -2.43. The zero-order chi connectivity index (χ0) is 13.8. The summed E-state index contributed by atoms with van der Waals surface area (Å²) in [6.45, 7) is 2.31. The first-order valence-corrected chi connectivity index (χ1v) is 8.09. The molecule has 0 aliphatic heterocycles. The highest BCUT2D eigenvalue weighted by molar-refractivity contribution is 5.76. The van der Waals surface area contributed by atoms with Crippen LogP contribution in [0.4, 0.5) is 0 Å². The molecule has 1 amide bonds. The Morgan fingerprint density at radius 2 is 1.89 bits per heavy atom. The van der Waals surface area contributed by atoms with E-state index in [0.717, 1.165) is 18.8 Å². The zero-order valence-electron chi connectivity index (χ0n) is 12.6. The summed E-state index contributed by atoms with van der Waals surface area (Å²) in [6, 6.07) is 0.715. The Labute approximate surface area is 117 Å². The van der Waals surface area contributed by atoms with Crippen molar-refractivity contribution in [1.29, 1.82) is 0 Å². The summed E-state index contributed by atoms with van der Waals surface area (Å²) in [5.41, 5.74) is 6.16. The van der Waals surface area contributed by atoms with Gasteiger partial charge in [0.25, 0.3) is 0 Å². The number of carbonyl (C=O) groups is 1. The van der Waals surface area contributed by atoms with Crippen LogP contribution in [0.15, 0.2) is 0 Å². The van der Waals surface area contributed by atoms with Gasteiger partial charge in [0.15, 0.2) is 0 Å². The molecule has 0 aromatic rings. The molecule has 2 fully saturated rings. The molecular formula is C16H30N2O. The summed E-state index contributed by atoms with van der Waals surface area (Å²) in [5, 5.41) is 0. The van der Waals surface area contributed by atoms with Gasteiger partial charge in [-0.1, -0.05) is 32.6 Å². The van der Waals surface area contributed by atoms with Gasteiger partial charge in [-0.3, -0.25) is 4.79 Å². The van der Waals surface area contributed by atoms with E-state index >= 15 is 0 Å². The lowest BCUT2D eigenvalue weighted by molar-refractivity contribution is -0.134. The van der Waals surface area contributed by atoms with Gasteiger partial charge in [0.2, 0.25) is 5.91 Å². The molecule has 0 aromatic heterocycles. The first-order valence-electron chi connectivity index (χ1n) is 8.09. The second-order valence-corrected chi connectivity index (χ2v) is 6.84. The number of rotatable bonds is 3. The van der Waals surface area contributed by atoms with Gasteiger partial charge in [0.1, 0.15) is 0 Å². The molecule has 0 aromatic carbocycles. The van der Waals surface area contributed by atoms with E-state index in [-0.39, 0.29) is 6.04 Å². The molecule has 3 nitrogen and oxygen atoms in total. The summed E-state index contributed by atoms with van der Waals surface area (Å²) >= 11 is 0. The number of carbonyl (C=O) groups excluding carboxylic acids is 1. The van der Waals surface area contributed by atoms with E-state index in [0.29, 0.717) is 24.3 Å². The Bertz CT molecular complexity index is 305. The Balaban J connectivity index is 1.84. The number of nitrogens with two attached hydrogens (primary N) is 1. The van der Waals surface area contributed by atoms with E-state index in [2.05, 4.69) is 6.92 Å². The smallest absolute Gasteiger partial charge is 0.222 e. The lowest BCUT2D eigenvalue weighted by Gasteiger charge is -2.36. The van der Waals surface area contributed by atoms with Crippen LogP contribution in [0.5, 0.6) is 0 Å². The third-order valence-electron chi connectivity index (χ3n) is 5.25. The molecule has 4 atom stereocenters. The SMILES string of the molecule is CC1CCCC(N(C)C(=O)CC2CCCCC2N)C1. The summed E-state index contributed by atoms with van der Waals surface area (Å²) in [6.07, 6.45) is 10.4. The van der Waals surface area contributed by atoms with Crippen LogP contribution in [0.1, 0.15) is 64.7 Å². The zero-order valence-corrected chi connectivity index (χ0v) is 12.6. The van der Waals surface area contributed by atoms with Crippen molar-refractivity contribution in [1.82, 2.24) is 4.90 Å². The molecule has 4 unspecified atom stereocenters. The largest absolute Gasteiger partial charge is 0.343 e. The molecule has 19 heavy (non-hydrogen) atoms. The van der Waals surface area contributed by atoms with Crippen molar-refractivity contribution in [2.75, 3.05) is 7.05 Å². The number of nitrogens with zero attached hydrogens (tertiary/aromatic N) is 1. The summed E-state index contributed by atoms with van der Waals surface area (Å²) < 4.78 is 0. The van der Waals surface area contributed by atoms with Crippen molar-refractivity contribution >= 4 is 5.91 Å². The fourth-order valence-corrected chi connectivity index (χ4v) is 3.82. The summed E-state index contributed by atoms with van der Waals surface area (Å²) in [7, 11) is 2.00. The van der Waals surface area contributed by atoms with Crippen LogP contribution in [0.3, 0.4) is 0 Å². The van der Waals surface area contributed by atoms with E-state index in [4.69, 9.17) is 5.73 Å². The van der Waals surface area contributed by atoms with E-state index in [1.54, 1.807) is 0 Å². The van der Waals surface area contributed by atoms with Crippen LogP contribution in [-0.2, 0) is 4.79 Å². The van der Waals surface area contributed by atoms with Crippen LogP contribution < -0.4 is 5.73 Å². The van der Waals surface area contributed by atoms with Gasteiger partial charge in [-0.15, -0.1) is 0 Å². The monoisotopic (exact) mass is 266 g/mol. The van der Waals surface area contributed by atoms with Crippen LogP contribution in [-0.4, -0.2) is 29.9 Å². The topological polar surface area (TPSA) is 46.3 Å². The van der Waals surface area contributed by atoms with Crippen molar-refractivity contribution in [3.05, 3.63) is 0 Å². The van der Waals surface area contributed by atoms with Gasteiger partial charge >= 0.3 is 0 Å². The summed E-state index contributed by atoms with van der Waals surface area (Å²) in [4.78, 5) is 14.5. The van der Waals surface area contributed by atoms with Crippen molar-refractivity contribution in [2.45, 2.75) is 76.8 Å². The van der Waals surface area contributed by atoms with E-state index in [1.807, 2.05) is 11.9 Å². The number of hydrogen-bond donors (Lipinski definition) is 1. The van der Waals surface area contributed by atoms with Gasteiger partial charge < -0.3 is 10.6 Å². The molecule has 0 bridgehead atoms. The fourth-order valence-electron chi connectivity index (χ4n) is 3.82. The molecule has 2 saturated carbocycles. The Morgan fingerprint density at radius 1 is 1.16 bits per heavy atom. The van der Waals surface area contributed by atoms with E-state index in [9.17, 15) is 4.79 Å². The minimum Gasteiger partial charge on any atom is -0.343 e. The Hall–Kier alpha value is -0.570. The van der Waals surface area contributed by atoms with Gasteiger partial charge in [-0.25, -0.2) is 0 Å². The quantitative estimate of drug-likeness (QED) is 0.853. The van der Waals surface area contributed by atoms with Crippen LogP contribution in [0, 0.1) is 11.8 Å². The van der Waals surface area contributed by atoms with Crippen LogP contribution in [0.2, 0.25) is 0 Å². The van der Waals surface area contributed by atoms with Crippen molar-refractivity contribution in [3.63, 3.8) is 0 Å². The molecule has 0 saturated heterocycles.